The molecule has 0 aliphatic heterocycles. The smallest absolute Gasteiger partial charge is 0.226 e. The monoisotopic (exact) mass is 394 g/mol. The fourth-order valence-electron chi connectivity index (χ4n) is 2.49. The van der Waals surface area contributed by atoms with Crippen LogP contribution in [0.25, 0.3) is 0 Å². The van der Waals surface area contributed by atoms with Crippen molar-refractivity contribution in [2.45, 2.75) is 20.3 Å². The van der Waals surface area contributed by atoms with E-state index >= 15 is 0 Å². The van der Waals surface area contributed by atoms with Crippen LogP contribution in [-0.4, -0.2) is 25.5 Å². The summed E-state index contributed by atoms with van der Waals surface area (Å²) in [6.07, 6.45) is 0.0967. The molecule has 0 spiro atoms. The summed E-state index contributed by atoms with van der Waals surface area (Å²) in [7, 11) is 1.54. The maximum absolute atomic E-state index is 12.3. The molecule has 0 saturated heterocycles. The molecule has 2 aromatic rings. The van der Waals surface area contributed by atoms with E-state index < -0.39 is 0 Å². The minimum Gasteiger partial charge on any atom is -0.495 e. The van der Waals surface area contributed by atoms with Crippen LogP contribution in [0.5, 0.6) is 5.75 Å². The molecular formula is C19H20Cl2N2O3. The van der Waals surface area contributed by atoms with Gasteiger partial charge in [-0.15, -0.1) is 0 Å². The zero-order chi connectivity index (χ0) is 19.3. The molecule has 2 amide bonds. The molecule has 26 heavy (non-hydrogen) atoms. The highest BCUT2D eigenvalue weighted by molar-refractivity contribution is 6.44. The Bertz CT molecular complexity index is 824. The standard InChI is InChI=1S/C19H20Cl2N2O3/c1-12-7-8-17(26-3)15(11-12)22-18(25)9-10-23(13(2)24)16-6-4-5-14(20)19(16)21/h4-8,11H,9-10H2,1-3H3,(H,22,25). The number of rotatable bonds is 6. The molecule has 0 atom stereocenters. The van der Waals surface area contributed by atoms with Crippen molar-refractivity contribution >= 4 is 46.4 Å². The van der Waals surface area contributed by atoms with Crippen molar-refractivity contribution in [1.82, 2.24) is 0 Å². The minimum atomic E-state index is -0.238. The molecule has 0 heterocycles. The van der Waals surface area contributed by atoms with Crippen molar-refractivity contribution in [1.29, 1.82) is 0 Å². The molecule has 138 valence electrons. The lowest BCUT2D eigenvalue weighted by atomic mass is 10.2. The summed E-state index contributed by atoms with van der Waals surface area (Å²) >= 11 is 12.2. The predicted octanol–water partition coefficient (Wildman–Crippen LogP) is 4.69. The maximum Gasteiger partial charge on any atom is 0.226 e. The number of amides is 2. The molecule has 0 bridgehead atoms. The normalized spacial score (nSPS) is 10.3. The average molecular weight is 395 g/mol. The fraction of sp³-hybridized carbons (Fsp3) is 0.263. The van der Waals surface area contributed by atoms with Gasteiger partial charge in [0.05, 0.1) is 28.5 Å². The second-order valence-electron chi connectivity index (χ2n) is 5.75. The van der Waals surface area contributed by atoms with Gasteiger partial charge in [0, 0.05) is 19.9 Å². The third kappa shape index (κ3) is 4.90. The number of hydrogen-bond acceptors (Lipinski definition) is 3. The second kappa shape index (κ2) is 8.92. The van der Waals surface area contributed by atoms with E-state index in [4.69, 9.17) is 27.9 Å². The summed E-state index contributed by atoms with van der Waals surface area (Å²) in [6, 6.07) is 10.6. The molecule has 7 heteroatoms. The van der Waals surface area contributed by atoms with Crippen LogP contribution in [0.3, 0.4) is 0 Å². The summed E-state index contributed by atoms with van der Waals surface area (Å²) in [5.74, 6) is 0.110. The number of benzene rings is 2. The first-order valence-electron chi connectivity index (χ1n) is 8.00. The molecule has 1 N–H and O–H groups in total. The predicted molar refractivity (Wildman–Crippen MR) is 105 cm³/mol. The van der Waals surface area contributed by atoms with Crippen molar-refractivity contribution in [3.8, 4) is 5.75 Å². The van der Waals surface area contributed by atoms with Crippen molar-refractivity contribution in [2.75, 3.05) is 23.9 Å². The zero-order valence-corrected chi connectivity index (χ0v) is 16.3. The van der Waals surface area contributed by atoms with Crippen LogP contribution >= 0.6 is 23.2 Å². The van der Waals surface area contributed by atoms with Gasteiger partial charge >= 0.3 is 0 Å². The van der Waals surface area contributed by atoms with Crippen LogP contribution in [-0.2, 0) is 9.59 Å². The summed E-state index contributed by atoms with van der Waals surface area (Å²) in [6.45, 7) is 3.52. The Balaban J connectivity index is 2.10. The van der Waals surface area contributed by atoms with Crippen LogP contribution in [0, 0.1) is 6.92 Å². The van der Waals surface area contributed by atoms with Crippen LogP contribution in [0.2, 0.25) is 10.0 Å². The van der Waals surface area contributed by atoms with E-state index in [0.717, 1.165) is 5.56 Å². The Morgan fingerprint density at radius 1 is 1.19 bits per heavy atom. The number of anilines is 2. The number of ether oxygens (including phenoxy) is 1. The third-order valence-electron chi connectivity index (χ3n) is 3.79. The number of carbonyl (C=O) groups is 2. The SMILES string of the molecule is COc1ccc(C)cc1NC(=O)CCN(C(C)=O)c1cccc(Cl)c1Cl. The molecule has 0 unspecified atom stereocenters. The van der Waals surface area contributed by atoms with Gasteiger partial charge in [0.15, 0.2) is 0 Å². The Morgan fingerprint density at radius 3 is 2.58 bits per heavy atom. The molecule has 5 nitrogen and oxygen atoms in total. The van der Waals surface area contributed by atoms with E-state index in [9.17, 15) is 9.59 Å². The zero-order valence-electron chi connectivity index (χ0n) is 14.8. The maximum atomic E-state index is 12.3. The lowest BCUT2D eigenvalue weighted by Gasteiger charge is -2.22. The molecule has 0 radical (unpaired) electrons. The first-order valence-corrected chi connectivity index (χ1v) is 8.75. The van der Waals surface area contributed by atoms with E-state index in [2.05, 4.69) is 5.32 Å². The Kier molecular flexibility index (Phi) is 6.89. The largest absolute Gasteiger partial charge is 0.495 e. The Labute approximate surface area is 162 Å². The lowest BCUT2D eigenvalue weighted by Crippen LogP contribution is -2.32. The van der Waals surface area contributed by atoms with Gasteiger partial charge in [-0.05, 0) is 36.8 Å². The van der Waals surface area contributed by atoms with E-state index in [1.54, 1.807) is 31.4 Å². The molecule has 0 aromatic heterocycles. The van der Waals surface area contributed by atoms with E-state index in [-0.39, 0.29) is 29.8 Å². The van der Waals surface area contributed by atoms with Gasteiger partial charge in [0.25, 0.3) is 0 Å². The number of carbonyl (C=O) groups excluding carboxylic acids is 2. The van der Waals surface area contributed by atoms with Gasteiger partial charge < -0.3 is 15.0 Å². The number of halogens is 2. The van der Waals surface area contributed by atoms with Gasteiger partial charge in [0.1, 0.15) is 5.75 Å². The highest BCUT2D eigenvalue weighted by Crippen LogP contribution is 2.32. The van der Waals surface area contributed by atoms with Gasteiger partial charge in [-0.25, -0.2) is 0 Å². The van der Waals surface area contributed by atoms with Crippen molar-refractivity contribution in [2.24, 2.45) is 0 Å². The van der Waals surface area contributed by atoms with Crippen LogP contribution in [0.4, 0.5) is 11.4 Å². The Hall–Kier alpha value is -2.24. The highest BCUT2D eigenvalue weighted by atomic mass is 35.5. The molecule has 2 aromatic carbocycles. The first-order chi connectivity index (χ1) is 12.3. The van der Waals surface area contributed by atoms with E-state index in [1.807, 2.05) is 19.1 Å². The van der Waals surface area contributed by atoms with Crippen LogP contribution in [0.15, 0.2) is 36.4 Å². The number of methoxy groups -OCH3 is 1. The van der Waals surface area contributed by atoms with Crippen molar-refractivity contribution in [3.05, 3.63) is 52.0 Å². The molecule has 0 aliphatic rings. The van der Waals surface area contributed by atoms with E-state index in [0.29, 0.717) is 22.1 Å². The molecule has 0 aliphatic carbocycles. The quantitative estimate of drug-likeness (QED) is 0.772. The fourth-order valence-corrected chi connectivity index (χ4v) is 2.89. The average Bonchev–Trinajstić information content (AvgIpc) is 2.58. The van der Waals surface area contributed by atoms with Crippen molar-refractivity contribution < 1.29 is 14.3 Å². The van der Waals surface area contributed by atoms with Crippen LogP contribution < -0.4 is 15.0 Å². The molecule has 0 saturated carbocycles. The number of aryl methyl sites for hydroxylation is 1. The summed E-state index contributed by atoms with van der Waals surface area (Å²) in [5.41, 5.74) is 2.07. The number of nitrogens with zero attached hydrogens (tertiary/aromatic N) is 1. The Morgan fingerprint density at radius 2 is 1.92 bits per heavy atom. The number of hydrogen-bond donors (Lipinski definition) is 1. The van der Waals surface area contributed by atoms with Gasteiger partial charge in [-0.2, -0.15) is 0 Å². The summed E-state index contributed by atoms with van der Waals surface area (Å²) in [5, 5.41) is 3.45. The van der Waals surface area contributed by atoms with E-state index in [1.165, 1.54) is 11.8 Å². The van der Waals surface area contributed by atoms with Gasteiger partial charge in [-0.1, -0.05) is 35.3 Å². The van der Waals surface area contributed by atoms with Gasteiger partial charge in [0.2, 0.25) is 11.8 Å². The summed E-state index contributed by atoms with van der Waals surface area (Å²) < 4.78 is 5.25. The molecular weight excluding hydrogens is 375 g/mol. The summed E-state index contributed by atoms with van der Waals surface area (Å²) in [4.78, 5) is 25.8. The molecule has 2 rings (SSSR count). The minimum absolute atomic E-state index is 0.0967. The van der Waals surface area contributed by atoms with Crippen molar-refractivity contribution in [3.63, 3.8) is 0 Å². The first kappa shape index (κ1) is 20.1. The number of nitrogens with one attached hydrogen (secondary N) is 1. The van der Waals surface area contributed by atoms with Gasteiger partial charge in [-0.3, -0.25) is 9.59 Å². The molecule has 0 fully saturated rings. The highest BCUT2D eigenvalue weighted by Gasteiger charge is 2.18. The van der Waals surface area contributed by atoms with Crippen LogP contribution in [0.1, 0.15) is 18.9 Å². The lowest BCUT2D eigenvalue weighted by molar-refractivity contribution is -0.117. The third-order valence-corrected chi connectivity index (χ3v) is 4.60. The second-order valence-corrected chi connectivity index (χ2v) is 6.53. The topological polar surface area (TPSA) is 58.6 Å².